The summed E-state index contributed by atoms with van der Waals surface area (Å²) in [6.07, 6.45) is 0.994. The van der Waals surface area contributed by atoms with Crippen LogP contribution in [0.5, 0.6) is 0 Å². The number of carbonyl (C=O) groups excluding carboxylic acids is 1. The van der Waals surface area contributed by atoms with Gasteiger partial charge in [0.1, 0.15) is 0 Å². The smallest absolute Gasteiger partial charge is 0.294 e. The molecule has 1 saturated heterocycles. The average Bonchev–Trinajstić information content (AvgIpc) is 2.16. The van der Waals surface area contributed by atoms with Gasteiger partial charge < -0.3 is 4.74 Å². The van der Waals surface area contributed by atoms with Crippen LogP contribution in [-0.2, 0) is 9.53 Å². The van der Waals surface area contributed by atoms with E-state index in [-0.39, 0.29) is 6.23 Å². The number of ether oxygens (including phenoxy) is 1. The Morgan fingerprint density at radius 2 is 2.00 bits per heavy atom. The van der Waals surface area contributed by atoms with Crippen molar-refractivity contribution < 1.29 is 9.53 Å². The molecule has 0 aromatic heterocycles. The van der Waals surface area contributed by atoms with E-state index in [1.54, 1.807) is 0 Å². The lowest BCUT2D eigenvalue weighted by Gasteiger charge is -2.36. The zero-order valence-electron chi connectivity index (χ0n) is 7.93. The maximum Gasteiger partial charge on any atom is 0.294 e. The molecule has 1 fully saturated rings. The fraction of sp³-hybridized carbons (Fsp3) is 0.364. The molecule has 0 amide bonds. The monoisotopic (exact) mass is 191 g/mol. The molecule has 74 valence electrons. The summed E-state index contributed by atoms with van der Waals surface area (Å²) in [6.45, 7) is 2.54. The first kappa shape index (κ1) is 9.21. The molecule has 0 bridgehead atoms. The van der Waals surface area contributed by atoms with Crippen LogP contribution in [0.3, 0.4) is 0 Å². The van der Waals surface area contributed by atoms with E-state index in [0.717, 1.165) is 18.7 Å². The molecular formula is C11H13NO2. The lowest BCUT2D eigenvalue weighted by Crippen LogP contribution is -2.41. The summed E-state index contributed by atoms with van der Waals surface area (Å²) in [7, 11) is 0. The summed E-state index contributed by atoms with van der Waals surface area (Å²) >= 11 is 0. The second kappa shape index (κ2) is 4.24. The third-order valence-corrected chi connectivity index (χ3v) is 2.49. The minimum atomic E-state index is -0.192. The standard InChI is InChI=1S/C11H13NO2/c13-9-14-11(12-7-4-8-12)10-5-2-1-3-6-10/h1-3,5-6,9,11H,4,7-8H2. The van der Waals surface area contributed by atoms with Crippen molar-refractivity contribution in [1.29, 1.82) is 0 Å². The lowest BCUT2D eigenvalue weighted by atomic mass is 10.1. The molecule has 0 spiro atoms. The molecule has 1 aromatic carbocycles. The Morgan fingerprint density at radius 1 is 1.29 bits per heavy atom. The second-order valence-corrected chi connectivity index (χ2v) is 3.38. The van der Waals surface area contributed by atoms with Crippen molar-refractivity contribution in [1.82, 2.24) is 4.90 Å². The van der Waals surface area contributed by atoms with Crippen molar-refractivity contribution in [3.8, 4) is 0 Å². The largest absolute Gasteiger partial charge is 0.444 e. The van der Waals surface area contributed by atoms with E-state index in [2.05, 4.69) is 4.90 Å². The van der Waals surface area contributed by atoms with Gasteiger partial charge >= 0.3 is 0 Å². The molecular weight excluding hydrogens is 178 g/mol. The van der Waals surface area contributed by atoms with Gasteiger partial charge in [-0.3, -0.25) is 9.69 Å². The summed E-state index contributed by atoms with van der Waals surface area (Å²) in [5, 5.41) is 0. The number of benzene rings is 1. The second-order valence-electron chi connectivity index (χ2n) is 3.38. The van der Waals surface area contributed by atoms with Crippen LogP contribution in [0, 0.1) is 0 Å². The highest BCUT2D eigenvalue weighted by atomic mass is 16.5. The van der Waals surface area contributed by atoms with Gasteiger partial charge in [0.2, 0.25) is 0 Å². The number of likely N-dealkylation sites (tertiary alicyclic amines) is 1. The number of hydrogen-bond donors (Lipinski definition) is 0. The molecule has 1 aliphatic heterocycles. The molecule has 0 N–H and O–H groups in total. The van der Waals surface area contributed by atoms with Crippen LogP contribution in [-0.4, -0.2) is 24.5 Å². The van der Waals surface area contributed by atoms with E-state index >= 15 is 0 Å². The van der Waals surface area contributed by atoms with Crippen molar-refractivity contribution in [3.05, 3.63) is 35.9 Å². The first-order chi connectivity index (χ1) is 6.92. The molecule has 1 unspecified atom stereocenters. The highest BCUT2D eigenvalue weighted by Crippen LogP contribution is 2.25. The zero-order valence-corrected chi connectivity index (χ0v) is 7.93. The Balaban J connectivity index is 2.13. The van der Waals surface area contributed by atoms with Crippen molar-refractivity contribution in [2.24, 2.45) is 0 Å². The number of hydrogen-bond acceptors (Lipinski definition) is 3. The van der Waals surface area contributed by atoms with Crippen LogP contribution in [0.25, 0.3) is 0 Å². The van der Waals surface area contributed by atoms with E-state index in [4.69, 9.17) is 4.74 Å². The van der Waals surface area contributed by atoms with Crippen LogP contribution < -0.4 is 0 Å². The Hall–Kier alpha value is -1.35. The van der Waals surface area contributed by atoms with E-state index in [0.29, 0.717) is 6.47 Å². The third-order valence-electron chi connectivity index (χ3n) is 2.49. The highest BCUT2D eigenvalue weighted by Gasteiger charge is 2.26. The molecule has 0 saturated carbocycles. The molecule has 1 heterocycles. The van der Waals surface area contributed by atoms with Gasteiger partial charge in [-0.15, -0.1) is 0 Å². The summed E-state index contributed by atoms with van der Waals surface area (Å²) < 4.78 is 5.08. The normalized spacial score (nSPS) is 18.3. The molecule has 1 aromatic rings. The molecule has 0 radical (unpaired) electrons. The Bertz CT molecular complexity index is 295. The van der Waals surface area contributed by atoms with Gasteiger partial charge in [-0.1, -0.05) is 30.3 Å². The third kappa shape index (κ3) is 1.77. The molecule has 14 heavy (non-hydrogen) atoms. The number of rotatable bonds is 4. The van der Waals surface area contributed by atoms with Crippen LogP contribution in [0.2, 0.25) is 0 Å². The zero-order chi connectivity index (χ0) is 9.80. The van der Waals surface area contributed by atoms with Gasteiger partial charge in [0.05, 0.1) is 0 Å². The lowest BCUT2D eigenvalue weighted by molar-refractivity contribution is -0.148. The molecule has 1 atom stereocenters. The molecule has 2 rings (SSSR count). The van der Waals surface area contributed by atoms with Crippen LogP contribution in [0.15, 0.2) is 30.3 Å². The summed E-state index contributed by atoms with van der Waals surface area (Å²) in [5.74, 6) is 0. The first-order valence-corrected chi connectivity index (χ1v) is 4.80. The minimum Gasteiger partial charge on any atom is -0.444 e. The van der Waals surface area contributed by atoms with Crippen molar-refractivity contribution in [3.63, 3.8) is 0 Å². The van der Waals surface area contributed by atoms with E-state index in [1.165, 1.54) is 6.42 Å². The molecule has 1 aliphatic rings. The quantitative estimate of drug-likeness (QED) is 0.676. The molecule has 3 heteroatoms. The number of carbonyl (C=O) groups is 1. The molecule has 3 nitrogen and oxygen atoms in total. The summed E-state index contributed by atoms with van der Waals surface area (Å²) in [4.78, 5) is 12.5. The van der Waals surface area contributed by atoms with Crippen molar-refractivity contribution in [2.75, 3.05) is 13.1 Å². The minimum absolute atomic E-state index is 0.192. The van der Waals surface area contributed by atoms with Crippen LogP contribution in [0.4, 0.5) is 0 Å². The predicted octanol–water partition coefficient (Wildman–Crippen LogP) is 1.56. The predicted molar refractivity (Wildman–Crippen MR) is 52.5 cm³/mol. The van der Waals surface area contributed by atoms with Gasteiger partial charge in [0, 0.05) is 18.7 Å². The summed E-state index contributed by atoms with van der Waals surface area (Å²) in [5.41, 5.74) is 1.04. The van der Waals surface area contributed by atoms with Crippen molar-refractivity contribution in [2.45, 2.75) is 12.6 Å². The first-order valence-electron chi connectivity index (χ1n) is 4.80. The Morgan fingerprint density at radius 3 is 2.50 bits per heavy atom. The van der Waals surface area contributed by atoms with E-state index in [1.807, 2.05) is 30.3 Å². The SMILES string of the molecule is O=COC(c1ccccc1)N1CCC1. The van der Waals surface area contributed by atoms with Gasteiger partial charge in [0.15, 0.2) is 6.23 Å². The maximum absolute atomic E-state index is 10.4. The van der Waals surface area contributed by atoms with Gasteiger partial charge in [-0.05, 0) is 6.42 Å². The topological polar surface area (TPSA) is 29.5 Å². The van der Waals surface area contributed by atoms with E-state index in [9.17, 15) is 4.79 Å². The number of nitrogens with zero attached hydrogens (tertiary/aromatic N) is 1. The Kier molecular flexibility index (Phi) is 2.79. The maximum atomic E-state index is 10.4. The van der Waals surface area contributed by atoms with Gasteiger partial charge in [0.25, 0.3) is 6.47 Å². The van der Waals surface area contributed by atoms with Crippen molar-refractivity contribution >= 4 is 6.47 Å². The molecule has 0 aliphatic carbocycles. The fourth-order valence-corrected chi connectivity index (χ4v) is 1.62. The summed E-state index contributed by atoms with van der Waals surface area (Å²) in [6, 6.07) is 9.82. The van der Waals surface area contributed by atoms with Crippen LogP contribution in [0.1, 0.15) is 18.2 Å². The average molecular weight is 191 g/mol. The van der Waals surface area contributed by atoms with Crippen LogP contribution >= 0.6 is 0 Å². The van der Waals surface area contributed by atoms with E-state index < -0.39 is 0 Å². The van der Waals surface area contributed by atoms with Gasteiger partial charge in [-0.2, -0.15) is 0 Å². The fourth-order valence-electron chi connectivity index (χ4n) is 1.62. The van der Waals surface area contributed by atoms with Gasteiger partial charge in [-0.25, -0.2) is 0 Å². The highest BCUT2D eigenvalue weighted by molar-refractivity contribution is 5.38. The Labute approximate surface area is 83.3 Å².